The third kappa shape index (κ3) is 2.86. The molecule has 0 N–H and O–H groups in total. The summed E-state index contributed by atoms with van der Waals surface area (Å²) >= 11 is 3.32. The van der Waals surface area contributed by atoms with Gasteiger partial charge >= 0.3 is 0 Å². The first-order chi connectivity index (χ1) is 8.24. The minimum absolute atomic E-state index is 0.198. The van der Waals surface area contributed by atoms with E-state index in [1.54, 1.807) is 13.3 Å². The maximum atomic E-state index is 12.5. The molecule has 1 aliphatic rings. The van der Waals surface area contributed by atoms with Gasteiger partial charge in [0.2, 0.25) is 11.8 Å². The Bertz CT molecular complexity index is 383. The van der Waals surface area contributed by atoms with E-state index >= 15 is 0 Å². The molecule has 1 saturated heterocycles. The number of anilines is 1. The van der Waals surface area contributed by atoms with Gasteiger partial charge in [-0.3, -0.25) is 4.39 Å². The largest absolute Gasteiger partial charge is 0.480 e. The number of hydrogen-bond donors (Lipinski definition) is 0. The van der Waals surface area contributed by atoms with E-state index in [0.29, 0.717) is 11.8 Å². The van der Waals surface area contributed by atoms with E-state index in [1.807, 2.05) is 0 Å². The van der Waals surface area contributed by atoms with Crippen LogP contribution in [0.15, 0.2) is 10.7 Å². The molecule has 94 valence electrons. The van der Waals surface area contributed by atoms with Crippen LogP contribution in [0, 0.1) is 5.92 Å². The SMILES string of the molecule is COc1nc(N2CCC(CF)CC2)ncc1Br. The third-order valence-corrected chi connectivity index (χ3v) is 3.55. The van der Waals surface area contributed by atoms with Crippen LogP contribution < -0.4 is 9.64 Å². The van der Waals surface area contributed by atoms with Crippen molar-refractivity contribution in [1.82, 2.24) is 9.97 Å². The molecule has 2 heterocycles. The van der Waals surface area contributed by atoms with Gasteiger partial charge in [-0.2, -0.15) is 4.98 Å². The van der Waals surface area contributed by atoms with Crippen LogP contribution in [0.2, 0.25) is 0 Å². The van der Waals surface area contributed by atoms with Gasteiger partial charge in [-0.15, -0.1) is 0 Å². The second kappa shape index (κ2) is 5.62. The van der Waals surface area contributed by atoms with Gasteiger partial charge in [0.05, 0.1) is 24.5 Å². The van der Waals surface area contributed by atoms with E-state index in [9.17, 15) is 4.39 Å². The molecular weight excluding hydrogens is 289 g/mol. The van der Waals surface area contributed by atoms with Crippen molar-refractivity contribution in [3.8, 4) is 5.88 Å². The molecule has 0 unspecified atom stereocenters. The molecule has 1 aromatic heterocycles. The molecule has 1 aromatic rings. The highest BCUT2D eigenvalue weighted by atomic mass is 79.9. The van der Waals surface area contributed by atoms with E-state index < -0.39 is 0 Å². The fraction of sp³-hybridized carbons (Fsp3) is 0.636. The smallest absolute Gasteiger partial charge is 0.232 e. The fourth-order valence-electron chi connectivity index (χ4n) is 1.93. The zero-order valence-electron chi connectivity index (χ0n) is 9.70. The third-order valence-electron chi connectivity index (χ3n) is 3.01. The Morgan fingerprint density at radius 2 is 2.24 bits per heavy atom. The molecule has 17 heavy (non-hydrogen) atoms. The molecule has 2 rings (SSSR count). The summed E-state index contributed by atoms with van der Waals surface area (Å²) in [5.41, 5.74) is 0. The van der Waals surface area contributed by atoms with E-state index in [2.05, 4.69) is 30.8 Å². The lowest BCUT2D eigenvalue weighted by Crippen LogP contribution is -2.35. The normalized spacial score (nSPS) is 17.2. The van der Waals surface area contributed by atoms with Gasteiger partial charge in [0.25, 0.3) is 0 Å². The number of piperidine rings is 1. The van der Waals surface area contributed by atoms with Gasteiger partial charge in [0.1, 0.15) is 0 Å². The van der Waals surface area contributed by atoms with Gasteiger partial charge in [0, 0.05) is 13.1 Å². The van der Waals surface area contributed by atoms with Crippen LogP contribution in [0.25, 0.3) is 0 Å². The molecule has 0 bridgehead atoms. The number of hydrogen-bond acceptors (Lipinski definition) is 4. The first-order valence-corrected chi connectivity index (χ1v) is 6.41. The highest BCUT2D eigenvalue weighted by molar-refractivity contribution is 9.10. The monoisotopic (exact) mass is 303 g/mol. The summed E-state index contributed by atoms with van der Waals surface area (Å²) in [4.78, 5) is 10.6. The molecule has 4 nitrogen and oxygen atoms in total. The van der Waals surface area contributed by atoms with Crippen LogP contribution in [0.1, 0.15) is 12.8 Å². The first-order valence-electron chi connectivity index (χ1n) is 5.62. The number of ether oxygens (including phenoxy) is 1. The number of rotatable bonds is 3. The zero-order chi connectivity index (χ0) is 12.3. The molecule has 0 saturated carbocycles. The number of alkyl halides is 1. The van der Waals surface area contributed by atoms with Crippen LogP contribution in [0.3, 0.4) is 0 Å². The molecule has 0 atom stereocenters. The molecule has 0 aromatic carbocycles. The molecule has 0 spiro atoms. The maximum absolute atomic E-state index is 12.5. The van der Waals surface area contributed by atoms with Crippen molar-refractivity contribution in [2.45, 2.75) is 12.8 Å². The minimum Gasteiger partial charge on any atom is -0.480 e. The maximum Gasteiger partial charge on any atom is 0.232 e. The first kappa shape index (κ1) is 12.5. The lowest BCUT2D eigenvalue weighted by molar-refractivity contribution is 0.306. The summed E-state index contributed by atoms with van der Waals surface area (Å²) in [6.07, 6.45) is 3.40. The topological polar surface area (TPSA) is 38.2 Å². The van der Waals surface area contributed by atoms with Crippen molar-refractivity contribution >= 4 is 21.9 Å². The molecular formula is C11H15BrFN3O. The van der Waals surface area contributed by atoms with E-state index in [-0.39, 0.29) is 12.6 Å². The number of halogens is 2. The molecule has 1 aliphatic heterocycles. The van der Waals surface area contributed by atoms with Crippen LogP contribution >= 0.6 is 15.9 Å². The lowest BCUT2D eigenvalue weighted by atomic mass is 9.99. The summed E-state index contributed by atoms with van der Waals surface area (Å²) in [7, 11) is 1.58. The highest BCUT2D eigenvalue weighted by Gasteiger charge is 2.21. The molecule has 0 aliphatic carbocycles. The number of aromatic nitrogens is 2. The Morgan fingerprint density at radius 3 is 2.82 bits per heavy atom. The lowest BCUT2D eigenvalue weighted by Gasteiger charge is -2.30. The average molecular weight is 304 g/mol. The Hall–Kier alpha value is -0.910. The zero-order valence-corrected chi connectivity index (χ0v) is 11.3. The van der Waals surface area contributed by atoms with E-state index in [0.717, 1.165) is 30.4 Å². The highest BCUT2D eigenvalue weighted by Crippen LogP contribution is 2.26. The molecule has 0 amide bonds. The Kier molecular flexibility index (Phi) is 4.15. The van der Waals surface area contributed by atoms with Gasteiger partial charge in [-0.05, 0) is 34.7 Å². The van der Waals surface area contributed by atoms with Crippen LogP contribution in [-0.2, 0) is 0 Å². The quantitative estimate of drug-likeness (QED) is 0.859. The van der Waals surface area contributed by atoms with Gasteiger partial charge in [-0.1, -0.05) is 0 Å². The standard InChI is InChI=1S/C11H15BrFN3O/c1-17-10-9(12)7-14-11(15-10)16-4-2-8(6-13)3-5-16/h7-8H,2-6H2,1H3. The van der Waals surface area contributed by atoms with Crippen molar-refractivity contribution in [2.75, 3.05) is 31.8 Å². The summed E-state index contributed by atoms with van der Waals surface area (Å²) in [5, 5.41) is 0. The minimum atomic E-state index is -0.224. The molecule has 0 radical (unpaired) electrons. The van der Waals surface area contributed by atoms with Crippen molar-refractivity contribution in [1.29, 1.82) is 0 Å². The number of nitrogens with zero attached hydrogens (tertiary/aromatic N) is 3. The van der Waals surface area contributed by atoms with E-state index in [4.69, 9.17) is 4.74 Å². The predicted octanol–water partition coefficient (Wildman–Crippen LogP) is 2.43. The van der Waals surface area contributed by atoms with Crippen molar-refractivity contribution in [3.63, 3.8) is 0 Å². The Labute approximate surface area is 108 Å². The summed E-state index contributed by atoms with van der Waals surface area (Å²) in [6, 6.07) is 0. The van der Waals surface area contributed by atoms with Crippen LogP contribution in [0.5, 0.6) is 5.88 Å². The summed E-state index contributed by atoms with van der Waals surface area (Å²) in [5.74, 6) is 1.38. The van der Waals surface area contributed by atoms with Crippen molar-refractivity contribution in [2.24, 2.45) is 5.92 Å². The van der Waals surface area contributed by atoms with Gasteiger partial charge < -0.3 is 9.64 Å². The van der Waals surface area contributed by atoms with Gasteiger partial charge in [-0.25, -0.2) is 4.98 Å². The Morgan fingerprint density at radius 1 is 1.53 bits per heavy atom. The Balaban J connectivity index is 2.08. The summed E-state index contributed by atoms with van der Waals surface area (Å²) < 4.78 is 18.4. The van der Waals surface area contributed by atoms with E-state index in [1.165, 1.54) is 0 Å². The second-order valence-corrected chi connectivity index (χ2v) is 4.97. The molecule has 1 fully saturated rings. The fourth-order valence-corrected chi connectivity index (χ4v) is 2.28. The van der Waals surface area contributed by atoms with Crippen molar-refractivity contribution in [3.05, 3.63) is 10.7 Å². The molecule has 6 heteroatoms. The van der Waals surface area contributed by atoms with Crippen molar-refractivity contribution < 1.29 is 9.13 Å². The second-order valence-electron chi connectivity index (χ2n) is 4.11. The van der Waals surface area contributed by atoms with Gasteiger partial charge in [0.15, 0.2) is 0 Å². The summed E-state index contributed by atoms with van der Waals surface area (Å²) in [6.45, 7) is 1.39. The number of methoxy groups -OCH3 is 1. The van der Waals surface area contributed by atoms with Crippen LogP contribution in [-0.4, -0.2) is 36.8 Å². The predicted molar refractivity (Wildman–Crippen MR) is 67.2 cm³/mol. The van der Waals surface area contributed by atoms with Crippen LogP contribution in [0.4, 0.5) is 10.3 Å². The average Bonchev–Trinajstić information content (AvgIpc) is 2.39.